The zero-order valence-corrected chi connectivity index (χ0v) is 4.99. The van der Waals surface area contributed by atoms with Gasteiger partial charge in [-0.1, -0.05) is 0 Å². The standard InChI is InChI=1S/2ClH.HNO2S/c;;1-4(2)3/h2*1H;1H. The molecule has 0 unspecified atom stereocenters. The van der Waals surface area contributed by atoms with Crippen LogP contribution in [0, 0.1) is 4.78 Å². The van der Waals surface area contributed by atoms with Gasteiger partial charge in [0.15, 0.2) is 0 Å². The van der Waals surface area contributed by atoms with E-state index in [2.05, 4.69) is 0 Å². The van der Waals surface area contributed by atoms with E-state index < -0.39 is 10.5 Å². The summed E-state index contributed by atoms with van der Waals surface area (Å²) in [5, 5.41) is 0. The molecule has 0 amide bonds. The van der Waals surface area contributed by atoms with Gasteiger partial charge in [0, 0.05) is 0 Å². The van der Waals surface area contributed by atoms with Crippen LogP contribution >= 0.6 is 24.8 Å². The molecule has 0 aliphatic heterocycles. The van der Waals surface area contributed by atoms with Gasteiger partial charge < -0.3 is 0 Å². The molecule has 0 saturated heterocycles. The maximum atomic E-state index is 8.67. The summed E-state index contributed by atoms with van der Waals surface area (Å²) in [7, 11) is -2.61. The van der Waals surface area contributed by atoms with Crippen molar-refractivity contribution < 1.29 is 8.42 Å². The molecule has 0 aliphatic carbocycles. The molecule has 6 heavy (non-hydrogen) atoms. The van der Waals surface area contributed by atoms with Crippen LogP contribution in [0.3, 0.4) is 0 Å². The lowest BCUT2D eigenvalue weighted by molar-refractivity contribution is 0.620. The average Bonchev–Trinajstić information content (AvgIpc) is 0.811. The Balaban J connectivity index is -0.0000000450. The summed E-state index contributed by atoms with van der Waals surface area (Å²) in [5.41, 5.74) is 0. The molecule has 0 spiro atoms. The Morgan fingerprint density at radius 2 is 1.17 bits per heavy atom. The van der Waals surface area contributed by atoms with E-state index in [1.807, 2.05) is 0 Å². The lowest BCUT2D eigenvalue weighted by Gasteiger charge is -1.18. The molecule has 6 heteroatoms. The molecular weight excluding hydrogens is 149 g/mol. The number of hydrogen-bond donors (Lipinski definition) is 1. The monoisotopic (exact) mass is 151 g/mol. The molecular formula is H3Cl2NO2S. The van der Waals surface area contributed by atoms with Crippen molar-refractivity contribution in [3.05, 3.63) is 0 Å². The first-order valence-electron chi connectivity index (χ1n) is 0.537. The normalized spacial score (nSPS) is 4.00. The first kappa shape index (κ1) is 16.4. The van der Waals surface area contributed by atoms with Crippen molar-refractivity contribution in [2.75, 3.05) is 0 Å². The molecule has 0 aliphatic rings. The molecule has 0 aromatic heterocycles. The Hall–Kier alpha value is 0.200. The zero-order chi connectivity index (χ0) is 3.58. The summed E-state index contributed by atoms with van der Waals surface area (Å²) in [5.74, 6) is 0. The van der Waals surface area contributed by atoms with Crippen LogP contribution in [0.25, 0.3) is 0 Å². The van der Waals surface area contributed by atoms with Crippen molar-refractivity contribution in [1.82, 2.24) is 0 Å². The Bertz CT molecular complexity index is 80.9. The number of nitrogens with one attached hydrogen (secondary N) is 1. The summed E-state index contributed by atoms with van der Waals surface area (Å²) in [4.78, 5) is 0. The summed E-state index contributed by atoms with van der Waals surface area (Å²) in [6.07, 6.45) is 0. The molecule has 0 rings (SSSR count). The summed E-state index contributed by atoms with van der Waals surface area (Å²) in [6.45, 7) is 0. The second-order valence-electron chi connectivity index (χ2n) is 0.235. The van der Waals surface area contributed by atoms with E-state index in [4.69, 9.17) is 13.2 Å². The molecule has 0 aromatic carbocycles. The highest BCUT2D eigenvalue weighted by molar-refractivity contribution is 7.60. The van der Waals surface area contributed by atoms with Crippen LogP contribution in [-0.2, 0) is 10.5 Å². The molecule has 1 N–H and O–H groups in total. The van der Waals surface area contributed by atoms with E-state index in [9.17, 15) is 0 Å². The highest BCUT2D eigenvalue weighted by Gasteiger charge is 1.32. The lowest BCUT2D eigenvalue weighted by Crippen LogP contribution is -1.34. The second-order valence-corrected chi connectivity index (χ2v) is 0.704. The van der Waals surface area contributed by atoms with Crippen molar-refractivity contribution in [2.24, 2.45) is 0 Å². The van der Waals surface area contributed by atoms with Gasteiger partial charge in [0.1, 0.15) is 0 Å². The molecule has 0 radical (unpaired) electrons. The molecule has 0 bridgehead atoms. The van der Waals surface area contributed by atoms with Gasteiger partial charge in [-0.25, -0.2) is 0 Å². The first-order valence-corrected chi connectivity index (χ1v) is 1.61. The van der Waals surface area contributed by atoms with Crippen molar-refractivity contribution in [2.45, 2.75) is 0 Å². The van der Waals surface area contributed by atoms with Crippen molar-refractivity contribution >= 4 is 35.3 Å². The third kappa shape index (κ3) is 1080. The molecule has 0 heterocycles. The van der Waals surface area contributed by atoms with Crippen LogP contribution in [-0.4, -0.2) is 8.42 Å². The minimum atomic E-state index is -2.61. The summed E-state index contributed by atoms with van der Waals surface area (Å²) >= 11 is 0. The topological polar surface area (TPSA) is 58.0 Å². The largest absolute Gasteiger partial charge is 0.308 e. The van der Waals surface area contributed by atoms with Gasteiger partial charge in [0.05, 0.1) is 0 Å². The molecule has 0 fully saturated rings. The summed E-state index contributed by atoms with van der Waals surface area (Å²) in [6, 6.07) is 0. The van der Waals surface area contributed by atoms with Gasteiger partial charge in [-0.15, -0.1) is 24.8 Å². The quantitative estimate of drug-likeness (QED) is 0.548. The fourth-order valence-electron chi connectivity index (χ4n) is 0. The van der Waals surface area contributed by atoms with Gasteiger partial charge in [0.2, 0.25) is 0 Å². The van der Waals surface area contributed by atoms with Gasteiger partial charge in [-0.3, -0.25) is 0 Å². The van der Waals surface area contributed by atoms with Gasteiger partial charge in [-0.05, 0) is 0 Å². The maximum absolute atomic E-state index is 8.67. The number of halogens is 2. The van der Waals surface area contributed by atoms with Crippen LogP contribution in [0.15, 0.2) is 0 Å². The molecule has 40 valence electrons. The smallest absolute Gasteiger partial charge is 0.188 e. The van der Waals surface area contributed by atoms with Gasteiger partial charge in [-0.2, -0.15) is 13.2 Å². The predicted octanol–water partition coefficient (Wildman–Crippen LogP) is 0.471. The zero-order valence-electron chi connectivity index (χ0n) is 2.54. The highest BCUT2D eigenvalue weighted by atomic mass is 35.5. The Morgan fingerprint density at radius 1 is 1.17 bits per heavy atom. The third-order valence-electron chi connectivity index (χ3n) is 0. The van der Waals surface area contributed by atoms with E-state index in [-0.39, 0.29) is 24.8 Å². The average molecular weight is 152 g/mol. The SMILES string of the molecule is Cl.Cl.N=S(=O)=O. The Labute approximate surface area is 49.1 Å². The van der Waals surface area contributed by atoms with Crippen molar-refractivity contribution in [3.63, 3.8) is 0 Å². The van der Waals surface area contributed by atoms with E-state index in [0.717, 1.165) is 0 Å². The second kappa shape index (κ2) is 8.96. The van der Waals surface area contributed by atoms with E-state index in [1.165, 1.54) is 0 Å². The van der Waals surface area contributed by atoms with Crippen LogP contribution in [0.1, 0.15) is 0 Å². The summed E-state index contributed by atoms with van der Waals surface area (Å²) < 4.78 is 22.8. The molecule has 0 atom stereocenters. The van der Waals surface area contributed by atoms with Gasteiger partial charge >= 0.3 is 10.5 Å². The Morgan fingerprint density at radius 3 is 1.17 bits per heavy atom. The van der Waals surface area contributed by atoms with Crippen LogP contribution in [0.5, 0.6) is 0 Å². The van der Waals surface area contributed by atoms with Crippen LogP contribution < -0.4 is 0 Å². The molecule has 0 saturated carbocycles. The maximum Gasteiger partial charge on any atom is 0.308 e. The fraction of sp³-hybridized carbons (Fsp3) is 0. The van der Waals surface area contributed by atoms with Gasteiger partial charge in [0.25, 0.3) is 0 Å². The fourth-order valence-corrected chi connectivity index (χ4v) is 0. The number of rotatable bonds is 0. The van der Waals surface area contributed by atoms with Crippen LogP contribution in [0.2, 0.25) is 0 Å². The number of hydrogen-bond acceptors (Lipinski definition) is 3. The minimum absolute atomic E-state index is 0. The third-order valence-corrected chi connectivity index (χ3v) is 0. The van der Waals surface area contributed by atoms with Crippen molar-refractivity contribution in [3.8, 4) is 0 Å². The predicted molar refractivity (Wildman–Crippen MR) is 26.1 cm³/mol. The van der Waals surface area contributed by atoms with E-state index in [1.54, 1.807) is 0 Å². The van der Waals surface area contributed by atoms with E-state index in [0.29, 0.717) is 0 Å². The molecule has 3 nitrogen and oxygen atoms in total. The van der Waals surface area contributed by atoms with E-state index >= 15 is 0 Å². The van der Waals surface area contributed by atoms with Crippen molar-refractivity contribution in [1.29, 1.82) is 4.78 Å². The molecule has 0 aromatic rings. The first-order chi connectivity index (χ1) is 1.73. The Kier molecular flexibility index (Phi) is 24.4. The highest BCUT2D eigenvalue weighted by Crippen LogP contribution is 1.15. The lowest BCUT2D eigenvalue weighted by atomic mass is 14.0. The minimum Gasteiger partial charge on any atom is -0.188 e. The van der Waals surface area contributed by atoms with Crippen LogP contribution in [0.4, 0.5) is 0 Å².